The van der Waals surface area contributed by atoms with Gasteiger partial charge in [0.1, 0.15) is 12.6 Å². The number of nitro groups is 1. The van der Waals surface area contributed by atoms with Crippen LogP contribution in [0.15, 0.2) is 24.3 Å². The van der Waals surface area contributed by atoms with Gasteiger partial charge in [0, 0.05) is 24.6 Å². The van der Waals surface area contributed by atoms with E-state index in [0.29, 0.717) is 5.56 Å². The Bertz CT molecular complexity index is 1030. The molecule has 3 rings (SSSR count). The van der Waals surface area contributed by atoms with Crippen LogP contribution in [0.3, 0.4) is 0 Å². The van der Waals surface area contributed by atoms with Crippen molar-refractivity contribution >= 4 is 33.8 Å². The van der Waals surface area contributed by atoms with Crippen LogP contribution in [0.1, 0.15) is 18.9 Å². The lowest BCUT2D eigenvalue weighted by atomic mass is 10.1. The number of amides is 4. The van der Waals surface area contributed by atoms with E-state index >= 15 is 0 Å². The summed E-state index contributed by atoms with van der Waals surface area (Å²) >= 11 is 0. The van der Waals surface area contributed by atoms with Crippen molar-refractivity contribution in [1.29, 1.82) is 0 Å². The minimum Gasteiger partial charge on any atom is -0.445 e. The third kappa shape index (κ3) is 5.50. The number of carbonyl (C=O) groups is 3. The molecule has 13 nitrogen and oxygen atoms in total. The maximum atomic E-state index is 13.0. The second kappa shape index (κ2) is 9.08. The highest BCUT2D eigenvalue weighted by molar-refractivity contribution is 7.86. The van der Waals surface area contributed by atoms with Crippen molar-refractivity contribution in [3.05, 3.63) is 39.9 Å². The zero-order valence-corrected chi connectivity index (χ0v) is 18.1. The summed E-state index contributed by atoms with van der Waals surface area (Å²) in [6.07, 6.45) is -1.16. The summed E-state index contributed by atoms with van der Waals surface area (Å²) in [4.78, 5) is 49.9. The van der Waals surface area contributed by atoms with Crippen LogP contribution >= 0.6 is 0 Å². The highest BCUT2D eigenvalue weighted by Gasteiger charge is 2.46. The lowest BCUT2D eigenvalue weighted by molar-refractivity contribution is -0.384. The van der Waals surface area contributed by atoms with Gasteiger partial charge in [-0.3, -0.25) is 28.9 Å². The van der Waals surface area contributed by atoms with Gasteiger partial charge in [-0.2, -0.15) is 8.42 Å². The zero-order chi connectivity index (χ0) is 23.6. The fourth-order valence-corrected chi connectivity index (χ4v) is 4.19. The van der Waals surface area contributed by atoms with Gasteiger partial charge in [-0.25, -0.2) is 9.59 Å². The van der Waals surface area contributed by atoms with Gasteiger partial charge in [0.15, 0.2) is 0 Å². The van der Waals surface area contributed by atoms with Crippen molar-refractivity contribution in [3.8, 4) is 0 Å². The molecule has 2 saturated heterocycles. The molecule has 1 aromatic rings. The molecule has 2 fully saturated rings. The molecule has 174 valence electrons. The Kier molecular flexibility index (Phi) is 6.64. The Balaban J connectivity index is 1.72. The first-order valence-corrected chi connectivity index (χ1v) is 11.4. The smallest absolute Gasteiger partial charge is 0.410 e. The van der Waals surface area contributed by atoms with Crippen molar-refractivity contribution < 1.29 is 36.6 Å². The summed E-state index contributed by atoms with van der Waals surface area (Å²) in [6.45, 7) is 1.36. The number of ether oxygens (including phenoxy) is 1. The van der Waals surface area contributed by atoms with Gasteiger partial charge in [-0.05, 0) is 24.6 Å². The summed E-state index contributed by atoms with van der Waals surface area (Å²) in [5.41, 5.74) is 0.354. The average Bonchev–Trinajstić information content (AvgIpc) is 3.27. The van der Waals surface area contributed by atoms with Crippen LogP contribution in [-0.4, -0.2) is 78.7 Å². The number of imide groups is 1. The fraction of sp³-hybridized carbons (Fsp3) is 0.500. The van der Waals surface area contributed by atoms with Crippen LogP contribution in [0.4, 0.5) is 15.3 Å². The molecule has 3 atom stereocenters. The number of nitrogens with one attached hydrogen (secondary N) is 1. The number of rotatable bonds is 6. The van der Waals surface area contributed by atoms with Crippen LogP contribution in [-0.2, 0) is 30.4 Å². The maximum absolute atomic E-state index is 13.0. The van der Waals surface area contributed by atoms with E-state index in [1.807, 2.05) is 0 Å². The predicted molar refractivity (Wildman–Crippen MR) is 108 cm³/mol. The van der Waals surface area contributed by atoms with Gasteiger partial charge in [-0.15, -0.1) is 0 Å². The second-order valence-corrected chi connectivity index (χ2v) is 9.20. The molecule has 0 aromatic heterocycles. The zero-order valence-electron chi connectivity index (χ0n) is 17.3. The maximum Gasteiger partial charge on any atom is 0.410 e. The van der Waals surface area contributed by atoms with E-state index in [1.165, 1.54) is 24.3 Å². The molecule has 32 heavy (non-hydrogen) atoms. The fourth-order valence-electron chi connectivity index (χ4n) is 3.55. The number of non-ortho nitro benzene ring substituents is 1. The predicted octanol–water partition coefficient (Wildman–Crippen LogP) is 0.591. The Morgan fingerprint density at radius 2 is 1.91 bits per heavy atom. The van der Waals surface area contributed by atoms with Gasteiger partial charge < -0.3 is 10.1 Å². The Morgan fingerprint density at radius 1 is 1.25 bits per heavy atom. The highest BCUT2D eigenvalue weighted by Crippen LogP contribution is 2.26. The first kappa shape index (κ1) is 23.4. The van der Waals surface area contributed by atoms with Crippen LogP contribution in [0.2, 0.25) is 0 Å². The SMILES string of the molecule is C[C@H]1CN(C(=O)[C@@H]2C[C@@H](OS(C)(=O)=O)CN2C(=O)OCc2ccc([N+](=O)[O-])cc2)C(=O)N1. The minimum atomic E-state index is -3.85. The summed E-state index contributed by atoms with van der Waals surface area (Å²) in [7, 11) is -3.85. The van der Waals surface area contributed by atoms with E-state index in [4.69, 9.17) is 8.92 Å². The third-order valence-electron chi connectivity index (χ3n) is 4.94. The Morgan fingerprint density at radius 3 is 2.44 bits per heavy atom. The molecule has 2 aliphatic rings. The number of likely N-dealkylation sites (tertiary alicyclic amines) is 1. The Hall–Kier alpha value is -3.26. The van der Waals surface area contributed by atoms with Crippen molar-refractivity contribution in [1.82, 2.24) is 15.1 Å². The topological polar surface area (TPSA) is 165 Å². The Labute approximate surface area is 183 Å². The summed E-state index contributed by atoms with van der Waals surface area (Å²) in [5.74, 6) is -0.668. The molecule has 14 heteroatoms. The van der Waals surface area contributed by atoms with Crippen LogP contribution < -0.4 is 5.32 Å². The first-order valence-electron chi connectivity index (χ1n) is 9.61. The molecule has 4 amide bonds. The number of benzene rings is 1. The van der Waals surface area contributed by atoms with E-state index < -0.39 is 45.2 Å². The molecular weight excluding hydrogens is 448 g/mol. The second-order valence-electron chi connectivity index (χ2n) is 7.60. The molecule has 0 saturated carbocycles. The molecule has 2 heterocycles. The molecule has 0 spiro atoms. The molecule has 1 N–H and O–H groups in total. The van der Waals surface area contributed by atoms with E-state index in [1.54, 1.807) is 6.92 Å². The van der Waals surface area contributed by atoms with Gasteiger partial charge in [-0.1, -0.05) is 0 Å². The van der Waals surface area contributed by atoms with E-state index in [0.717, 1.165) is 16.1 Å². The van der Waals surface area contributed by atoms with E-state index in [-0.39, 0.29) is 37.8 Å². The molecule has 0 aliphatic carbocycles. The molecular formula is C18H22N4O9S. The average molecular weight is 470 g/mol. The highest BCUT2D eigenvalue weighted by atomic mass is 32.2. The molecule has 2 aliphatic heterocycles. The van der Waals surface area contributed by atoms with Crippen molar-refractivity contribution in [2.45, 2.75) is 38.1 Å². The molecule has 1 aromatic carbocycles. The standard InChI is InChI=1S/C18H22N4O9S/c1-11-8-21(17(24)19-11)16(23)15-7-14(31-32(2,28)29)9-20(15)18(25)30-10-12-3-5-13(6-4-12)22(26)27/h3-6,11,14-15H,7-10H2,1-2H3,(H,19,24)/t11-,14+,15-/m0/s1. The summed E-state index contributed by atoms with van der Waals surface area (Å²) in [6, 6.07) is 3.34. The summed E-state index contributed by atoms with van der Waals surface area (Å²) < 4.78 is 33.2. The van der Waals surface area contributed by atoms with Gasteiger partial charge in [0.2, 0.25) is 0 Å². The molecule has 0 bridgehead atoms. The van der Waals surface area contributed by atoms with Crippen LogP contribution in [0.25, 0.3) is 0 Å². The van der Waals surface area contributed by atoms with Crippen molar-refractivity contribution in [2.75, 3.05) is 19.3 Å². The van der Waals surface area contributed by atoms with Gasteiger partial charge in [0.25, 0.3) is 21.7 Å². The van der Waals surface area contributed by atoms with Gasteiger partial charge >= 0.3 is 12.1 Å². The minimum absolute atomic E-state index is 0.109. The first-order chi connectivity index (χ1) is 14.9. The van der Waals surface area contributed by atoms with Crippen molar-refractivity contribution in [2.24, 2.45) is 0 Å². The normalized spacial score (nSPS) is 23.2. The number of hydrogen-bond donors (Lipinski definition) is 1. The monoisotopic (exact) mass is 470 g/mol. The van der Waals surface area contributed by atoms with Gasteiger partial charge in [0.05, 0.1) is 30.4 Å². The number of nitrogens with zero attached hydrogens (tertiary/aromatic N) is 3. The van der Waals surface area contributed by atoms with Crippen LogP contribution in [0, 0.1) is 10.1 Å². The number of hydrogen-bond acceptors (Lipinski definition) is 9. The number of urea groups is 1. The largest absolute Gasteiger partial charge is 0.445 e. The number of nitro benzene ring substituents is 1. The summed E-state index contributed by atoms with van der Waals surface area (Å²) in [5, 5.41) is 13.3. The lowest BCUT2D eigenvalue weighted by Gasteiger charge is -2.25. The number of carbonyl (C=O) groups excluding carboxylic acids is 3. The molecule has 0 radical (unpaired) electrons. The lowest BCUT2D eigenvalue weighted by Crippen LogP contribution is -2.48. The third-order valence-corrected chi connectivity index (χ3v) is 5.56. The molecule has 0 unspecified atom stereocenters. The van der Waals surface area contributed by atoms with Crippen LogP contribution in [0.5, 0.6) is 0 Å². The van der Waals surface area contributed by atoms with E-state index in [2.05, 4.69) is 5.32 Å². The van der Waals surface area contributed by atoms with E-state index in [9.17, 15) is 32.9 Å². The van der Waals surface area contributed by atoms with Crippen molar-refractivity contribution in [3.63, 3.8) is 0 Å². The quantitative estimate of drug-likeness (QED) is 0.356.